The lowest BCUT2D eigenvalue weighted by atomic mass is 9.68. The Morgan fingerprint density at radius 3 is 2.79 bits per heavy atom. The standard InChI is InChI=1S/C24H26FN7OS/c1-23-7-4-8-24(2,31-23)21(25)17(10-23)32(3)19-12-27-22(30-29-19)15-6-5-14(9-18(15)33)16-13-34-20(11-26)28-16/h5-6,9,12-13,17,21,31,33H,4,7-8,10H2,1-3H3/t17-,21-,23-,24+/m1/s1. The Kier molecular flexibility index (Phi) is 5.49. The average Bonchev–Trinajstić information content (AvgIpc) is 3.30. The van der Waals surface area contributed by atoms with Crippen LogP contribution < -0.4 is 10.2 Å². The van der Waals surface area contributed by atoms with Gasteiger partial charge in [0.1, 0.15) is 18.0 Å². The highest BCUT2D eigenvalue weighted by Crippen LogP contribution is 2.43. The van der Waals surface area contributed by atoms with Crippen LogP contribution >= 0.6 is 11.3 Å². The third-order valence-corrected chi connectivity index (χ3v) is 7.91. The number of nitriles is 1. The van der Waals surface area contributed by atoms with Crippen LogP contribution in [0.25, 0.3) is 22.6 Å². The quantitative estimate of drug-likeness (QED) is 0.576. The molecule has 2 aliphatic rings. The van der Waals surface area contributed by atoms with E-state index < -0.39 is 11.7 Å². The number of alkyl halides is 1. The number of piperidine rings is 2. The lowest BCUT2D eigenvalue weighted by Gasteiger charge is -2.56. The fourth-order valence-electron chi connectivity index (χ4n) is 5.40. The van der Waals surface area contributed by atoms with Crippen LogP contribution in [0.1, 0.15) is 44.5 Å². The highest BCUT2D eigenvalue weighted by atomic mass is 32.1. The number of aromatic nitrogens is 4. The smallest absolute Gasteiger partial charge is 0.194 e. The lowest BCUT2D eigenvalue weighted by Crippen LogP contribution is -2.72. The maximum absolute atomic E-state index is 15.6. The van der Waals surface area contributed by atoms with Gasteiger partial charge in [0.25, 0.3) is 0 Å². The molecule has 0 spiro atoms. The van der Waals surface area contributed by atoms with Gasteiger partial charge in [-0.2, -0.15) is 5.26 Å². The first kappa shape index (κ1) is 22.6. The second-order valence-electron chi connectivity index (χ2n) is 9.76. The molecule has 0 amide bonds. The second kappa shape index (κ2) is 8.25. The van der Waals surface area contributed by atoms with Gasteiger partial charge in [-0.25, -0.2) is 14.4 Å². The van der Waals surface area contributed by atoms with E-state index >= 15 is 4.39 Å². The molecule has 2 fully saturated rings. The molecule has 0 unspecified atom stereocenters. The molecule has 2 aliphatic heterocycles. The zero-order chi connectivity index (χ0) is 24.1. The summed E-state index contributed by atoms with van der Waals surface area (Å²) < 4.78 is 15.6. The monoisotopic (exact) mass is 479 g/mol. The third-order valence-electron chi connectivity index (χ3n) is 7.16. The van der Waals surface area contributed by atoms with Crippen molar-refractivity contribution in [3.8, 4) is 34.5 Å². The molecule has 0 saturated carbocycles. The Labute approximate surface area is 201 Å². The molecule has 2 saturated heterocycles. The van der Waals surface area contributed by atoms with Crippen molar-refractivity contribution in [2.75, 3.05) is 11.9 Å². The maximum atomic E-state index is 15.6. The number of nitrogens with one attached hydrogen (secondary N) is 1. The Bertz CT molecular complexity index is 1260. The number of halogens is 1. The van der Waals surface area contributed by atoms with Crippen molar-refractivity contribution in [2.45, 2.75) is 62.8 Å². The van der Waals surface area contributed by atoms with Crippen LogP contribution in [-0.4, -0.2) is 55.6 Å². The molecule has 0 radical (unpaired) electrons. The SMILES string of the molecule is CN(c1cnc(-c2ccc(-c3csc(C#N)n3)cc2O)nn1)[C@@H]1C[C@@]2(C)CCC[C@](C)(N2)[C@@H]1F. The molecule has 2 N–H and O–H groups in total. The van der Waals surface area contributed by atoms with Gasteiger partial charge in [0, 0.05) is 29.1 Å². The summed E-state index contributed by atoms with van der Waals surface area (Å²) >= 11 is 1.25. The summed E-state index contributed by atoms with van der Waals surface area (Å²) in [5, 5.41) is 33.7. The normalized spacial score (nSPS) is 28.3. The fourth-order valence-corrected chi connectivity index (χ4v) is 6.02. The molecule has 3 aromatic rings. The highest BCUT2D eigenvalue weighted by Gasteiger charge is 2.53. The number of fused-ring (bicyclic) bond motifs is 2. The first-order valence-electron chi connectivity index (χ1n) is 11.3. The van der Waals surface area contributed by atoms with E-state index in [-0.39, 0.29) is 23.2 Å². The Morgan fingerprint density at radius 2 is 2.12 bits per heavy atom. The summed E-state index contributed by atoms with van der Waals surface area (Å²) in [7, 11) is 1.84. The number of rotatable bonds is 4. The van der Waals surface area contributed by atoms with Gasteiger partial charge in [-0.15, -0.1) is 21.5 Å². The van der Waals surface area contributed by atoms with Gasteiger partial charge >= 0.3 is 0 Å². The van der Waals surface area contributed by atoms with E-state index in [2.05, 4.69) is 32.4 Å². The Morgan fingerprint density at radius 1 is 1.29 bits per heavy atom. The van der Waals surface area contributed by atoms with Crippen LogP contribution in [0.4, 0.5) is 10.2 Å². The van der Waals surface area contributed by atoms with Crippen molar-refractivity contribution in [1.82, 2.24) is 25.5 Å². The number of hydrogen-bond acceptors (Lipinski definition) is 9. The van der Waals surface area contributed by atoms with Crippen molar-refractivity contribution in [1.29, 1.82) is 5.26 Å². The molecule has 34 heavy (non-hydrogen) atoms. The molecule has 2 aromatic heterocycles. The van der Waals surface area contributed by atoms with E-state index in [0.29, 0.717) is 34.1 Å². The first-order valence-corrected chi connectivity index (χ1v) is 12.1. The Balaban J connectivity index is 1.37. The molecule has 4 heterocycles. The summed E-state index contributed by atoms with van der Waals surface area (Å²) in [5.41, 5.74) is 1.09. The number of anilines is 1. The van der Waals surface area contributed by atoms with Crippen LogP contribution in [0.2, 0.25) is 0 Å². The molecule has 0 aliphatic carbocycles. The van der Waals surface area contributed by atoms with E-state index in [1.807, 2.05) is 24.9 Å². The van der Waals surface area contributed by atoms with Gasteiger partial charge in [-0.1, -0.05) is 6.07 Å². The first-order chi connectivity index (χ1) is 16.2. The van der Waals surface area contributed by atoms with Crippen molar-refractivity contribution in [3.63, 3.8) is 0 Å². The largest absolute Gasteiger partial charge is 0.507 e. The number of hydrogen-bond donors (Lipinski definition) is 2. The minimum Gasteiger partial charge on any atom is -0.507 e. The topological polar surface area (TPSA) is 111 Å². The van der Waals surface area contributed by atoms with Gasteiger partial charge in [-0.05, 0) is 51.7 Å². The van der Waals surface area contributed by atoms with Gasteiger partial charge in [0.05, 0.1) is 23.5 Å². The lowest BCUT2D eigenvalue weighted by molar-refractivity contribution is 0.00193. The predicted octanol–water partition coefficient (Wildman–Crippen LogP) is 4.08. The summed E-state index contributed by atoms with van der Waals surface area (Å²) in [6.45, 7) is 4.14. The Hall–Kier alpha value is -3.16. The predicted molar refractivity (Wildman–Crippen MR) is 128 cm³/mol. The number of phenolic OH excluding ortho intramolecular Hbond substituents is 1. The van der Waals surface area contributed by atoms with E-state index in [4.69, 9.17) is 5.26 Å². The van der Waals surface area contributed by atoms with Crippen LogP contribution in [0.3, 0.4) is 0 Å². The zero-order valence-corrected chi connectivity index (χ0v) is 20.1. The van der Waals surface area contributed by atoms with E-state index in [1.165, 1.54) is 11.3 Å². The number of phenols is 1. The minimum absolute atomic E-state index is 0.0113. The number of thiazole rings is 1. The molecule has 2 bridgehead atoms. The number of aromatic hydroxyl groups is 1. The molecule has 8 nitrogen and oxygen atoms in total. The van der Waals surface area contributed by atoms with E-state index in [1.54, 1.807) is 29.8 Å². The van der Waals surface area contributed by atoms with Crippen molar-refractivity contribution < 1.29 is 9.50 Å². The van der Waals surface area contributed by atoms with Crippen molar-refractivity contribution >= 4 is 17.2 Å². The molecule has 4 atom stereocenters. The molecule has 5 rings (SSSR count). The van der Waals surface area contributed by atoms with Gasteiger partial charge in [0.2, 0.25) is 0 Å². The van der Waals surface area contributed by atoms with E-state index in [9.17, 15) is 5.11 Å². The maximum Gasteiger partial charge on any atom is 0.194 e. The summed E-state index contributed by atoms with van der Waals surface area (Å²) in [5.74, 6) is 0.754. The average molecular weight is 480 g/mol. The number of nitrogens with zero attached hydrogens (tertiary/aromatic N) is 6. The summed E-state index contributed by atoms with van der Waals surface area (Å²) in [6.07, 6.45) is 4.07. The summed E-state index contributed by atoms with van der Waals surface area (Å²) in [6, 6.07) is 6.73. The zero-order valence-electron chi connectivity index (χ0n) is 19.3. The summed E-state index contributed by atoms with van der Waals surface area (Å²) in [4.78, 5) is 10.5. The molecule has 10 heteroatoms. The van der Waals surface area contributed by atoms with Crippen LogP contribution in [-0.2, 0) is 0 Å². The molecule has 1 aromatic carbocycles. The van der Waals surface area contributed by atoms with Crippen LogP contribution in [0, 0.1) is 11.3 Å². The third kappa shape index (κ3) is 3.89. The van der Waals surface area contributed by atoms with Gasteiger partial charge in [-0.3, -0.25) is 0 Å². The van der Waals surface area contributed by atoms with Crippen molar-refractivity contribution in [3.05, 3.63) is 34.8 Å². The van der Waals surface area contributed by atoms with Crippen molar-refractivity contribution in [2.24, 2.45) is 0 Å². The molecular formula is C24H26FN7OS. The minimum atomic E-state index is -1.05. The molecule has 176 valence electrons. The highest BCUT2D eigenvalue weighted by molar-refractivity contribution is 7.10. The number of benzene rings is 1. The van der Waals surface area contributed by atoms with Gasteiger partial charge < -0.3 is 15.3 Å². The fraction of sp³-hybridized carbons (Fsp3) is 0.458. The van der Waals surface area contributed by atoms with Crippen LogP contribution in [0.15, 0.2) is 29.8 Å². The molecular weight excluding hydrogens is 453 g/mol. The van der Waals surface area contributed by atoms with Crippen LogP contribution in [0.5, 0.6) is 5.75 Å². The van der Waals surface area contributed by atoms with Gasteiger partial charge in [0.15, 0.2) is 16.6 Å². The van der Waals surface area contributed by atoms with E-state index in [0.717, 1.165) is 19.3 Å². The second-order valence-corrected chi connectivity index (χ2v) is 10.6.